The van der Waals surface area contributed by atoms with Crippen LogP contribution < -0.4 is 0 Å². The van der Waals surface area contributed by atoms with Crippen molar-refractivity contribution in [1.82, 2.24) is 0 Å². The fraction of sp³-hybridized carbons (Fsp3) is 1.00. The van der Waals surface area contributed by atoms with Gasteiger partial charge in [-0.25, -0.2) is 0 Å². The molecule has 5 heavy (non-hydrogen) atoms. The molecule has 0 spiro atoms. The topological polar surface area (TPSA) is 17.1 Å². The summed E-state index contributed by atoms with van der Waals surface area (Å²) >= 11 is 1.28. The first-order valence-corrected chi connectivity index (χ1v) is 2.52. The first kappa shape index (κ1) is 5.21. The molecule has 0 rings (SSSR count). The Labute approximate surface area is 36.3 Å². The van der Waals surface area contributed by atoms with Gasteiger partial charge in [0.1, 0.15) is 0 Å². The van der Waals surface area contributed by atoms with Crippen molar-refractivity contribution in [2.75, 3.05) is 5.75 Å². The fourth-order valence-corrected chi connectivity index (χ4v) is 0.204. The van der Waals surface area contributed by atoms with E-state index in [-0.39, 0.29) is 0 Å². The molecule has 0 amide bonds. The Hall–Kier alpha value is 0.215. The van der Waals surface area contributed by atoms with Crippen LogP contribution in [0, 0.1) is 0 Å². The minimum absolute atomic E-state index is 0.847. The van der Waals surface area contributed by atoms with E-state index in [0.717, 1.165) is 12.2 Å². The molecule has 0 atom stereocenters. The summed E-state index contributed by atoms with van der Waals surface area (Å²) in [6.07, 6.45) is 0.847. The van der Waals surface area contributed by atoms with Crippen LogP contribution in [0.3, 0.4) is 0 Å². The van der Waals surface area contributed by atoms with Gasteiger partial charge in [0.2, 0.25) is 0 Å². The Kier molecular flexibility index (Phi) is 4.40. The van der Waals surface area contributed by atoms with E-state index in [1.807, 2.05) is 6.92 Å². The van der Waals surface area contributed by atoms with Crippen LogP contribution in [0.5, 0.6) is 0 Å². The van der Waals surface area contributed by atoms with Crippen molar-refractivity contribution in [3.05, 3.63) is 0 Å². The molecule has 0 aromatic heterocycles. The van der Waals surface area contributed by atoms with Crippen molar-refractivity contribution in [3.63, 3.8) is 0 Å². The number of hydrogen-bond donors (Lipinski definition) is 0. The molecule has 28 valence electrons. The van der Waals surface area contributed by atoms with Gasteiger partial charge < -0.3 is 0 Å². The summed E-state index contributed by atoms with van der Waals surface area (Å²) in [5, 5.41) is 0. The predicted octanol–water partition coefficient (Wildman–Crippen LogP) is 0.704. The zero-order valence-electron chi connectivity index (χ0n) is 3.10. The molecule has 0 aliphatic rings. The molecule has 0 N–H and O–H groups in total. The molecule has 0 aromatic rings. The van der Waals surface area contributed by atoms with Gasteiger partial charge in [0.25, 0.3) is 0 Å². The van der Waals surface area contributed by atoms with E-state index in [2.05, 4.69) is 0 Å². The van der Waals surface area contributed by atoms with E-state index in [4.69, 9.17) is 0 Å². The summed E-state index contributed by atoms with van der Waals surface area (Å²) in [6.45, 7) is 1.94. The predicted molar refractivity (Wildman–Crippen MR) is 24.6 cm³/mol. The van der Waals surface area contributed by atoms with E-state index in [1.54, 1.807) is 0 Å². The van der Waals surface area contributed by atoms with Crippen LogP contribution in [-0.4, -0.2) is 12.2 Å². The summed E-state index contributed by atoms with van der Waals surface area (Å²) in [6, 6.07) is 0. The molecule has 1 nitrogen and oxygen atoms in total. The van der Waals surface area contributed by atoms with Gasteiger partial charge in [0, 0.05) is 0 Å². The van der Waals surface area contributed by atoms with Crippen molar-refractivity contribution in [2.24, 2.45) is 0 Å². The van der Waals surface area contributed by atoms with E-state index < -0.39 is 0 Å². The van der Waals surface area contributed by atoms with Crippen LogP contribution in [0.2, 0.25) is 0 Å². The fourth-order valence-electron chi connectivity index (χ4n) is 0.0680. The maximum atomic E-state index is 9.37. The quantitative estimate of drug-likeness (QED) is 0.462. The Morgan fingerprint density at radius 1 is 2.00 bits per heavy atom. The molecule has 0 heterocycles. The van der Waals surface area contributed by atoms with Crippen LogP contribution in [-0.2, 0) is 4.70 Å². The van der Waals surface area contributed by atoms with Crippen molar-refractivity contribution in [1.29, 1.82) is 0 Å². The Morgan fingerprint density at radius 3 is 2.60 bits per heavy atom. The molecule has 0 saturated carbocycles. The van der Waals surface area contributed by atoms with Crippen LogP contribution >= 0.6 is 11.6 Å². The maximum absolute atomic E-state index is 9.37. The summed E-state index contributed by atoms with van der Waals surface area (Å²) in [7, 11) is 0. The molecule has 0 bridgehead atoms. The number of rotatable bonds is 2. The van der Waals surface area contributed by atoms with E-state index in [9.17, 15) is 4.70 Å². The average Bonchev–Trinajstić information content (AvgIpc) is 1.41. The second-order valence-electron chi connectivity index (χ2n) is 0.552. The average molecular weight is 87.9 g/mol. The van der Waals surface area contributed by atoms with Crippen molar-refractivity contribution in [3.8, 4) is 0 Å². The molecule has 0 unspecified atom stereocenters. The van der Waals surface area contributed by atoms with Gasteiger partial charge in [-0.05, 0) is 0 Å². The molecule has 0 aliphatic heterocycles. The monoisotopic (exact) mass is 88.0 g/mol. The van der Waals surface area contributed by atoms with Crippen LogP contribution in [0.1, 0.15) is 6.92 Å². The molecular weight excluding hydrogens is 82.9 g/mol. The third kappa shape index (κ3) is 4.21. The Balaban J connectivity index is 2.40. The zero-order valence-corrected chi connectivity index (χ0v) is 3.92. The SMILES string of the molecule is CCSB=O. The van der Waals surface area contributed by atoms with Crippen molar-refractivity contribution < 1.29 is 4.70 Å². The zero-order chi connectivity index (χ0) is 4.12. The second kappa shape index (κ2) is 4.21. The van der Waals surface area contributed by atoms with E-state index in [0.29, 0.717) is 0 Å². The molecule has 0 radical (unpaired) electrons. The first-order chi connectivity index (χ1) is 2.41. The molecule has 0 aliphatic carbocycles. The summed E-state index contributed by atoms with van der Waals surface area (Å²) in [4.78, 5) is 0. The second-order valence-corrected chi connectivity index (χ2v) is 1.65. The normalized spacial score (nSPS) is 6.60. The van der Waals surface area contributed by atoms with Gasteiger partial charge in [0.05, 0.1) is 0 Å². The number of hydrogen-bond acceptors (Lipinski definition) is 2. The molecule has 0 fully saturated rings. The summed E-state index contributed by atoms with van der Waals surface area (Å²) in [5.74, 6) is 0.892. The third-order valence-corrected chi connectivity index (χ3v) is 0.704. The molecule has 0 saturated heterocycles. The Morgan fingerprint density at radius 2 is 2.60 bits per heavy atom. The van der Waals surface area contributed by atoms with Gasteiger partial charge in [-0.1, -0.05) is 0 Å². The summed E-state index contributed by atoms with van der Waals surface area (Å²) < 4.78 is 9.37. The molecular formula is C2H5BOS. The van der Waals surface area contributed by atoms with E-state index in [1.165, 1.54) is 11.6 Å². The van der Waals surface area contributed by atoms with Gasteiger partial charge in [-0.15, -0.1) is 0 Å². The van der Waals surface area contributed by atoms with Crippen LogP contribution in [0.15, 0.2) is 0 Å². The Bertz CT molecular complexity index is 30.8. The standard InChI is InChI=1S/C2H5BOS/c1-2-5-3-4/h2H2,1H3. The third-order valence-electron chi connectivity index (χ3n) is 0.235. The molecule has 3 heteroatoms. The van der Waals surface area contributed by atoms with Crippen LogP contribution in [0.25, 0.3) is 0 Å². The van der Waals surface area contributed by atoms with E-state index >= 15 is 0 Å². The minimum atomic E-state index is 0.847. The van der Waals surface area contributed by atoms with Gasteiger partial charge in [0.15, 0.2) is 0 Å². The van der Waals surface area contributed by atoms with Gasteiger partial charge in [-0.2, -0.15) is 0 Å². The van der Waals surface area contributed by atoms with Crippen molar-refractivity contribution in [2.45, 2.75) is 6.92 Å². The molecule has 0 aromatic carbocycles. The summed E-state index contributed by atoms with van der Waals surface area (Å²) in [5.41, 5.74) is 0. The van der Waals surface area contributed by atoms with Crippen molar-refractivity contribution >= 4 is 18.0 Å². The first-order valence-electron chi connectivity index (χ1n) is 1.47. The van der Waals surface area contributed by atoms with Crippen LogP contribution in [0.4, 0.5) is 0 Å². The van der Waals surface area contributed by atoms with Gasteiger partial charge >= 0.3 is 35.4 Å². The van der Waals surface area contributed by atoms with Gasteiger partial charge in [-0.3, -0.25) is 0 Å².